The molecule has 0 atom stereocenters. The summed E-state index contributed by atoms with van der Waals surface area (Å²) in [5.41, 5.74) is 6.86. The van der Waals surface area contributed by atoms with Gasteiger partial charge in [-0.2, -0.15) is 0 Å². The fourth-order valence-electron chi connectivity index (χ4n) is 9.25. The van der Waals surface area contributed by atoms with Crippen molar-refractivity contribution < 1.29 is 18.6 Å². The quantitative estimate of drug-likeness (QED) is 0.0981. The summed E-state index contributed by atoms with van der Waals surface area (Å²) in [6.45, 7) is -9.04. The van der Waals surface area contributed by atoms with Crippen LogP contribution in [0.2, 0.25) is 0 Å². The number of nitrogen functional groups attached to an aromatic ring is 1. The second kappa shape index (κ2) is 16.8. The van der Waals surface area contributed by atoms with Crippen LogP contribution in [0.15, 0.2) is 261 Å². The van der Waals surface area contributed by atoms with Gasteiger partial charge in [-0.15, -0.1) is 0 Å². The summed E-state index contributed by atoms with van der Waals surface area (Å²) in [6.07, 6.45) is 0. The SMILES string of the molecule is Nc1ccc(C(=O)OP(c2ccccc2)(c2ccccc2)(c2ccccc2)c2ccccc2)c(C(=O)OP(c2ccccc2)(c2ccccc2)(c2ccccc2)c2ccccc2)c1. The third kappa shape index (κ3) is 6.40. The number of hydrogen-bond donors (Lipinski definition) is 1. The van der Waals surface area contributed by atoms with Crippen molar-refractivity contribution in [2.75, 3.05) is 5.73 Å². The van der Waals surface area contributed by atoms with Gasteiger partial charge >= 0.3 is 370 Å². The maximum absolute atomic E-state index is 15.9. The Kier molecular flexibility index (Phi) is 10.9. The molecule has 5 nitrogen and oxygen atoms in total. The molecule has 7 heteroatoms. The molecule has 0 radical (unpaired) electrons. The van der Waals surface area contributed by atoms with E-state index in [1.165, 1.54) is 6.07 Å². The molecule has 0 aromatic heterocycles. The standard InChI is InChI=1S/C56H45NO4P2/c57-44-41-42-53(55(58)60-62(45-25-9-1-10-26-45,46-27-11-2-12-28-46,47-29-13-3-14-30-47)48-31-15-4-16-32-48)54(43-44)56(59)61-63(49-33-17-5-18-34-49,50-35-19-6-20-36-50,51-37-21-7-22-38-51)52-39-23-8-24-40-52/h1-43H,57H2. The number of anilines is 1. The molecule has 308 valence electrons. The Morgan fingerprint density at radius 1 is 0.286 bits per heavy atom. The molecule has 9 rings (SSSR count). The molecule has 63 heavy (non-hydrogen) atoms. The van der Waals surface area contributed by atoms with Gasteiger partial charge in [0.1, 0.15) is 0 Å². The van der Waals surface area contributed by atoms with Gasteiger partial charge in [-0.3, -0.25) is 0 Å². The van der Waals surface area contributed by atoms with Gasteiger partial charge in [0.2, 0.25) is 0 Å². The number of carbonyl (C=O) groups excluding carboxylic acids is 2. The van der Waals surface area contributed by atoms with E-state index < -0.39 is 25.6 Å². The Balaban J connectivity index is 1.33. The van der Waals surface area contributed by atoms with E-state index in [9.17, 15) is 0 Å². The van der Waals surface area contributed by atoms with Crippen molar-refractivity contribution >= 4 is 73.7 Å². The van der Waals surface area contributed by atoms with Crippen molar-refractivity contribution in [2.45, 2.75) is 0 Å². The van der Waals surface area contributed by atoms with Gasteiger partial charge in [-0.05, 0) is 0 Å². The molecule has 0 aliphatic carbocycles. The summed E-state index contributed by atoms with van der Waals surface area (Å²) in [5, 5.41) is 6.47. The zero-order chi connectivity index (χ0) is 43.2. The van der Waals surface area contributed by atoms with Crippen LogP contribution in [0.25, 0.3) is 0 Å². The predicted molar refractivity (Wildman–Crippen MR) is 264 cm³/mol. The molecule has 2 N–H and O–H groups in total. The summed E-state index contributed by atoms with van der Waals surface area (Å²) in [6, 6.07) is 84.2. The molecule has 0 spiro atoms. The molecule has 9 aromatic carbocycles. The summed E-state index contributed by atoms with van der Waals surface area (Å²) in [4.78, 5) is 31.8. The van der Waals surface area contributed by atoms with E-state index in [0.29, 0.717) is 0 Å². The first-order chi connectivity index (χ1) is 30.9. The molecule has 0 bridgehead atoms. The van der Waals surface area contributed by atoms with Gasteiger partial charge in [-0.1, -0.05) is 0 Å². The molecule has 0 fully saturated rings. The van der Waals surface area contributed by atoms with E-state index in [-0.39, 0.29) is 16.8 Å². The second-order valence-corrected chi connectivity index (χ2v) is 24.0. The Hall–Kier alpha value is -7.42. The molecule has 0 amide bonds. The average Bonchev–Trinajstić information content (AvgIpc) is 3.37. The molecule has 0 saturated heterocycles. The topological polar surface area (TPSA) is 78.6 Å². The van der Waals surface area contributed by atoms with Crippen LogP contribution < -0.4 is 48.2 Å². The fraction of sp³-hybridized carbons (Fsp3) is 0. The summed E-state index contributed by atoms with van der Waals surface area (Å²) in [5.74, 6) is -1.44. The van der Waals surface area contributed by atoms with Gasteiger partial charge in [0.15, 0.2) is 0 Å². The number of benzene rings is 9. The molecule has 0 saturated carbocycles. The first-order valence-corrected chi connectivity index (χ1v) is 25.1. The van der Waals surface area contributed by atoms with E-state index in [1.54, 1.807) is 12.1 Å². The Morgan fingerprint density at radius 3 is 0.714 bits per heavy atom. The van der Waals surface area contributed by atoms with Crippen LogP contribution >= 0.6 is 13.7 Å². The van der Waals surface area contributed by atoms with Crippen molar-refractivity contribution in [3.05, 3.63) is 272 Å². The second-order valence-electron chi connectivity index (χ2n) is 15.3. The molecule has 0 aliphatic heterocycles. The van der Waals surface area contributed by atoms with E-state index in [0.717, 1.165) is 42.4 Å². The van der Waals surface area contributed by atoms with Crippen molar-refractivity contribution in [1.29, 1.82) is 0 Å². The van der Waals surface area contributed by atoms with Crippen LogP contribution in [0.4, 0.5) is 5.69 Å². The van der Waals surface area contributed by atoms with E-state index in [2.05, 4.69) is 0 Å². The Labute approximate surface area is 368 Å². The summed E-state index contributed by atoms with van der Waals surface area (Å²) in [7, 11) is 0. The first kappa shape index (κ1) is 41.0. The molecular weight excluding hydrogens is 813 g/mol. The van der Waals surface area contributed by atoms with Crippen LogP contribution in [0.1, 0.15) is 20.7 Å². The summed E-state index contributed by atoms with van der Waals surface area (Å²) < 4.78 is 15.1. The van der Waals surface area contributed by atoms with E-state index in [4.69, 9.17) is 14.8 Å². The molecule has 0 aliphatic rings. The third-order valence-corrected chi connectivity index (χ3v) is 23.3. The first-order valence-electron chi connectivity index (χ1n) is 20.8. The fourth-order valence-corrected chi connectivity index (χ4v) is 20.5. The minimum atomic E-state index is -4.53. The number of hydrogen-bond acceptors (Lipinski definition) is 5. The third-order valence-electron chi connectivity index (χ3n) is 12.0. The van der Waals surface area contributed by atoms with Gasteiger partial charge in [0.05, 0.1) is 0 Å². The van der Waals surface area contributed by atoms with Crippen molar-refractivity contribution in [1.82, 2.24) is 0 Å². The Morgan fingerprint density at radius 2 is 0.492 bits per heavy atom. The van der Waals surface area contributed by atoms with Crippen molar-refractivity contribution in [2.24, 2.45) is 0 Å². The molecule has 0 unspecified atom stereocenters. The monoisotopic (exact) mass is 857 g/mol. The normalized spacial score (nSPS) is 12.7. The zero-order valence-electron chi connectivity index (χ0n) is 34.4. The van der Waals surface area contributed by atoms with E-state index >= 15 is 9.59 Å². The number of rotatable bonds is 12. The zero-order valence-corrected chi connectivity index (χ0v) is 36.2. The van der Waals surface area contributed by atoms with Crippen molar-refractivity contribution in [3.8, 4) is 0 Å². The van der Waals surface area contributed by atoms with Gasteiger partial charge in [0.25, 0.3) is 0 Å². The van der Waals surface area contributed by atoms with Crippen LogP contribution in [-0.4, -0.2) is 11.9 Å². The van der Waals surface area contributed by atoms with Crippen LogP contribution in [0, 0.1) is 0 Å². The molecule has 0 heterocycles. The van der Waals surface area contributed by atoms with Gasteiger partial charge < -0.3 is 0 Å². The van der Waals surface area contributed by atoms with E-state index in [1.807, 2.05) is 243 Å². The van der Waals surface area contributed by atoms with Crippen LogP contribution in [0.5, 0.6) is 0 Å². The van der Waals surface area contributed by atoms with Crippen LogP contribution in [-0.2, 0) is 9.05 Å². The van der Waals surface area contributed by atoms with Crippen LogP contribution in [0.3, 0.4) is 0 Å². The van der Waals surface area contributed by atoms with Crippen molar-refractivity contribution in [3.63, 3.8) is 0 Å². The minimum absolute atomic E-state index is 0.0146. The Bertz CT molecular complexity index is 2660. The maximum atomic E-state index is 15.9. The van der Waals surface area contributed by atoms with Gasteiger partial charge in [0, 0.05) is 0 Å². The average molecular weight is 858 g/mol. The number of carbonyl (C=O) groups is 2. The molecule has 9 aromatic rings. The number of nitrogens with two attached hydrogens (primary N) is 1. The predicted octanol–water partition coefficient (Wildman–Crippen LogP) is 9.12. The summed E-state index contributed by atoms with van der Waals surface area (Å²) >= 11 is 0. The molecular formula is C56H45NO4P2. The van der Waals surface area contributed by atoms with Gasteiger partial charge in [-0.25, -0.2) is 0 Å².